The van der Waals surface area contributed by atoms with Gasteiger partial charge < -0.3 is 10.2 Å². The molecule has 2 fully saturated rings. The molecule has 4 nitrogen and oxygen atoms in total. The number of piperidine rings is 1. The molecule has 1 N–H and O–H groups in total. The Bertz CT molecular complexity index is 744. The van der Waals surface area contributed by atoms with Gasteiger partial charge in [0, 0.05) is 35.0 Å². The summed E-state index contributed by atoms with van der Waals surface area (Å²) in [7, 11) is 0. The fourth-order valence-electron chi connectivity index (χ4n) is 3.82. The normalized spacial score (nSPS) is 20.1. The third-order valence-corrected chi connectivity index (χ3v) is 6.27. The number of nitrogens with zero attached hydrogens (tertiary/aromatic N) is 3. The van der Waals surface area contributed by atoms with Crippen LogP contribution in [0.5, 0.6) is 0 Å². The Hall–Kier alpha value is -1.64. The van der Waals surface area contributed by atoms with Gasteiger partial charge in [-0.15, -0.1) is 11.3 Å². The van der Waals surface area contributed by atoms with Crippen LogP contribution < -0.4 is 10.2 Å². The minimum atomic E-state index is 0.469. The summed E-state index contributed by atoms with van der Waals surface area (Å²) < 4.78 is 0. The average Bonchev–Trinajstić information content (AvgIpc) is 2.95. The average molecular weight is 312 g/mol. The van der Waals surface area contributed by atoms with E-state index < -0.39 is 0 Å². The van der Waals surface area contributed by atoms with Crippen molar-refractivity contribution in [1.29, 1.82) is 5.26 Å². The van der Waals surface area contributed by atoms with Crippen LogP contribution in [-0.2, 0) is 6.42 Å². The molecule has 0 amide bonds. The van der Waals surface area contributed by atoms with Crippen LogP contribution in [-0.4, -0.2) is 31.2 Å². The molecule has 5 heteroatoms. The lowest BCUT2D eigenvalue weighted by Crippen LogP contribution is -2.60. The summed E-state index contributed by atoms with van der Waals surface area (Å²) >= 11 is 1.75. The Kier molecular flexibility index (Phi) is 3.32. The number of anilines is 1. The highest BCUT2D eigenvalue weighted by Gasteiger charge is 2.44. The lowest BCUT2D eigenvalue weighted by atomic mass is 9.72. The summed E-state index contributed by atoms with van der Waals surface area (Å²) in [5.41, 5.74) is 2.31. The standard InChI is InChI=1S/C17H20N4S/c1-2-13-7-14-15(12(8-18)9-20-16(14)22-13)21-10-17(11-21)3-5-19-6-4-17/h7,9,19H,2-6,10-11H2,1H3. The molecule has 0 atom stereocenters. The topological polar surface area (TPSA) is 52.0 Å². The first-order valence-corrected chi connectivity index (χ1v) is 8.83. The molecular weight excluding hydrogens is 292 g/mol. The van der Waals surface area contributed by atoms with Crippen molar-refractivity contribution in [1.82, 2.24) is 10.3 Å². The molecule has 0 aromatic carbocycles. The second kappa shape index (κ2) is 5.22. The first kappa shape index (κ1) is 14.0. The summed E-state index contributed by atoms with van der Waals surface area (Å²) in [6, 6.07) is 4.58. The highest BCUT2D eigenvalue weighted by atomic mass is 32.1. The lowest BCUT2D eigenvalue weighted by Gasteiger charge is -2.54. The second-order valence-corrected chi connectivity index (χ2v) is 7.64. The molecule has 0 radical (unpaired) electrons. The Morgan fingerprint density at radius 2 is 2.18 bits per heavy atom. The van der Waals surface area contributed by atoms with Crippen molar-refractivity contribution in [2.24, 2.45) is 5.41 Å². The summed E-state index contributed by atoms with van der Waals surface area (Å²) in [6.45, 7) is 6.59. The van der Waals surface area contributed by atoms with Crippen molar-refractivity contribution in [3.05, 3.63) is 22.7 Å². The highest BCUT2D eigenvalue weighted by molar-refractivity contribution is 7.18. The van der Waals surface area contributed by atoms with Crippen molar-refractivity contribution >= 4 is 27.2 Å². The maximum absolute atomic E-state index is 9.49. The van der Waals surface area contributed by atoms with E-state index in [1.807, 2.05) is 0 Å². The maximum atomic E-state index is 9.49. The van der Waals surface area contributed by atoms with Crippen molar-refractivity contribution in [2.75, 3.05) is 31.1 Å². The zero-order valence-corrected chi connectivity index (χ0v) is 13.7. The van der Waals surface area contributed by atoms with Gasteiger partial charge in [0.15, 0.2) is 0 Å². The summed E-state index contributed by atoms with van der Waals surface area (Å²) in [5.74, 6) is 0. The van der Waals surface area contributed by atoms with Crippen LogP contribution in [0.3, 0.4) is 0 Å². The van der Waals surface area contributed by atoms with E-state index in [4.69, 9.17) is 0 Å². The third kappa shape index (κ3) is 2.10. The van der Waals surface area contributed by atoms with Crippen LogP contribution in [0.15, 0.2) is 12.3 Å². The SMILES string of the molecule is CCc1cc2c(N3CC4(CCNCC4)C3)c(C#N)cnc2s1. The lowest BCUT2D eigenvalue weighted by molar-refractivity contribution is 0.150. The molecule has 0 aliphatic carbocycles. The van der Waals surface area contributed by atoms with Gasteiger partial charge in [-0.3, -0.25) is 0 Å². The molecule has 4 rings (SSSR count). The number of nitrogens with one attached hydrogen (secondary N) is 1. The van der Waals surface area contributed by atoms with Crippen LogP contribution in [0.4, 0.5) is 5.69 Å². The summed E-state index contributed by atoms with van der Waals surface area (Å²) in [5, 5.41) is 14.1. The molecule has 2 aromatic heterocycles. The number of hydrogen-bond donors (Lipinski definition) is 1. The van der Waals surface area contributed by atoms with Gasteiger partial charge in [-0.2, -0.15) is 5.26 Å². The number of rotatable bonds is 2. The number of aromatic nitrogens is 1. The van der Waals surface area contributed by atoms with E-state index in [1.54, 1.807) is 17.5 Å². The molecule has 22 heavy (non-hydrogen) atoms. The Labute approximate surface area is 134 Å². The number of hydrogen-bond acceptors (Lipinski definition) is 5. The number of pyridine rings is 1. The van der Waals surface area contributed by atoms with Gasteiger partial charge >= 0.3 is 0 Å². The van der Waals surface area contributed by atoms with Crippen LogP contribution in [0.25, 0.3) is 10.2 Å². The van der Waals surface area contributed by atoms with Gasteiger partial charge in [-0.25, -0.2) is 4.98 Å². The molecule has 0 saturated carbocycles. The van der Waals surface area contributed by atoms with Crippen molar-refractivity contribution in [3.63, 3.8) is 0 Å². The molecule has 0 bridgehead atoms. The quantitative estimate of drug-likeness (QED) is 0.926. The van der Waals surface area contributed by atoms with Crippen molar-refractivity contribution in [3.8, 4) is 6.07 Å². The monoisotopic (exact) mass is 312 g/mol. The summed E-state index contributed by atoms with van der Waals surface area (Å²) in [4.78, 5) is 9.30. The Morgan fingerprint density at radius 3 is 2.86 bits per heavy atom. The van der Waals surface area contributed by atoms with E-state index >= 15 is 0 Å². The zero-order valence-electron chi connectivity index (χ0n) is 12.9. The fraction of sp³-hybridized carbons (Fsp3) is 0.529. The predicted octanol–water partition coefficient (Wildman–Crippen LogP) is 2.92. The van der Waals surface area contributed by atoms with Gasteiger partial charge in [-0.05, 0) is 38.4 Å². The summed E-state index contributed by atoms with van der Waals surface area (Å²) in [6.07, 6.45) is 5.28. The van der Waals surface area contributed by atoms with E-state index in [0.29, 0.717) is 5.41 Å². The minimum Gasteiger partial charge on any atom is -0.369 e. The smallest absolute Gasteiger partial charge is 0.125 e. The largest absolute Gasteiger partial charge is 0.369 e. The van der Waals surface area contributed by atoms with Gasteiger partial charge in [0.05, 0.1) is 11.3 Å². The van der Waals surface area contributed by atoms with E-state index in [9.17, 15) is 5.26 Å². The number of thiophene rings is 1. The molecule has 2 saturated heterocycles. The van der Waals surface area contributed by atoms with Gasteiger partial charge in [0.25, 0.3) is 0 Å². The maximum Gasteiger partial charge on any atom is 0.125 e. The van der Waals surface area contributed by atoms with Crippen LogP contribution in [0, 0.1) is 16.7 Å². The first-order chi connectivity index (χ1) is 10.7. The van der Waals surface area contributed by atoms with E-state index in [2.05, 4.69) is 34.3 Å². The fourth-order valence-corrected chi connectivity index (χ4v) is 4.76. The van der Waals surface area contributed by atoms with E-state index in [-0.39, 0.29) is 0 Å². The second-order valence-electron chi connectivity index (χ2n) is 6.52. The molecule has 2 aliphatic heterocycles. The molecule has 0 unspecified atom stereocenters. The molecule has 1 spiro atoms. The van der Waals surface area contributed by atoms with E-state index in [0.717, 1.165) is 48.7 Å². The molecule has 114 valence electrons. The predicted molar refractivity (Wildman–Crippen MR) is 90.5 cm³/mol. The van der Waals surface area contributed by atoms with Gasteiger partial charge in [-0.1, -0.05) is 6.92 Å². The van der Waals surface area contributed by atoms with Crippen molar-refractivity contribution in [2.45, 2.75) is 26.2 Å². The first-order valence-electron chi connectivity index (χ1n) is 8.02. The number of fused-ring (bicyclic) bond motifs is 1. The minimum absolute atomic E-state index is 0.469. The van der Waals surface area contributed by atoms with Crippen LogP contribution >= 0.6 is 11.3 Å². The van der Waals surface area contributed by atoms with Crippen LogP contribution in [0.1, 0.15) is 30.2 Å². The highest BCUT2D eigenvalue weighted by Crippen LogP contribution is 2.45. The third-order valence-electron chi connectivity index (χ3n) is 5.09. The molecule has 2 aromatic rings. The molecule has 2 aliphatic rings. The Balaban J connectivity index is 1.71. The van der Waals surface area contributed by atoms with Crippen LogP contribution in [0.2, 0.25) is 0 Å². The Morgan fingerprint density at radius 1 is 1.41 bits per heavy atom. The zero-order chi connectivity index (χ0) is 15.2. The number of nitriles is 1. The van der Waals surface area contributed by atoms with Crippen molar-refractivity contribution < 1.29 is 0 Å². The number of aryl methyl sites for hydroxylation is 1. The molecular formula is C17H20N4S. The van der Waals surface area contributed by atoms with Gasteiger partial charge in [0.2, 0.25) is 0 Å². The van der Waals surface area contributed by atoms with Gasteiger partial charge in [0.1, 0.15) is 10.9 Å². The van der Waals surface area contributed by atoms with E-state index in [1.165, 1.54) is 23.1 Å². The molecule has 4 heterocycles.